The van der Waals surface area contributed by atoms with Gasteiger partial charge in [0.15, 0.2) is 0 Å². The Morgan fingerprint density at radius 3 is 1.64 bits per heavy atom. The Kier molecular flexibility index (Phi) is 6.91. The van der Waals surface area contributed by atoms with Crippen molar-refractivity contribution >= 4 is 11.7 Å². The van der Waals surface area contributed by atoms with E-state index in [1.54, 1.807) is 20.8 Å². The molecule has 0 radical (unpaired) electrons. The van der Waals surface area contributed by atoms with Gasteiger partial charge in [-0.25, -0.2) is 0 Å². The third kappa shape index (κ3) is 17.1. The molecular formula is C10H19NO3. The Morgan fingerprint density at radius 2 is 1.64 bits per heavy atom. The van der Waals surface area contributed by atoms with Crippen LogP contribution in [0.5, 0.6) is 0 Å². The van der Waals surface area contributed by atoms with Crippen LogP contribution in [0.1, 0.15) is 34.1 Å². The van der Waals surface area contributed by atoms with Gasteiger partial charge in [0.05, 0.1) is 5.60 Å². The lowest BCUT2D eigenvalue weighted by molar-refractivity contribution is -0.120. The minimum atomic E-state index is -0.828. The summed E-state index contributed by atoms with van der Waals surface area (Å²) in [6, 6.07) is 0. The Hall–Kier alpha value is -1.16. The molecule has 0 bridgehead atoms. The molecule has 0 unspecified atom stereocenters. The lowest BCUT2D eigenvalue weighted by atomic mass is 10.0. The summed E-state index contributed by atoms with van der Waals surface area (Å²) in [5.74, 6) is -0.410. The number of hydrogen-bond donors (Lipinski definition) is 2. The van der Waals surface area contributed by atoms with Crippen LogP contribution in [0.25, 0.3) is 0 Å². The number of hydrogen-bond acceptors (Lipinski definition) is 3. The highest BCUT2D eigenvalue weighted by molar-refractivity contribution is 5.90. The lowest BCUT2D eigenvalue weighted by Crippen LogP contribution is -2.21. The monoisotopic (exact) mass is 201 g/mol. The number of rotatable bonds is 3. The fraction of sp³-hybridized carbons (Fsp3) is 0.600. The molecule has 0 saturated carbocycles. The van der Waals surface area contributed by atoms with Crippen molar-refractivity contribution in [2.75, 3.05) is 0 Å². The number of amides is 1. The van der Waals surface area contributed by atoms with Crippen LogP contribution in [-0.2, 0) is 9.59 Å². The molecular weight excluding hydrogens is 182 g/mol. The Balaban J connectivity index is 0. The molecule has 0 atom stereocenters. The number of primary amides is 1. The first-order valence-electron chi connectivity index (χ1n) is 4.23. The molecule has 0 aromatic rings. The predicted molar refractivity (Wildman–Crippen MR) is 55.6 cm³/mol. The molecule has 0 rings (SSSR count). The lowest BCUT2D eigenvalue weighted by Gasteiger charge is -2.13. The van der Waals surface area contributed by atoms with Crippen molar-refractivity contribution < 1.29 is 14.7 Å². The number of carbonyl (C=O) groups excluding carboxylic acids is 2. The molecule has 82 valence electrons. The number of ketones is 1. The van der Waals surface area contributed by atoms with E-state index in [0.717, 1.165) is 0 Å². The van der Waals surface area contributed by atoms with Gasteiger partial charge in [0.2, 0.25) is 5.91 Å². The van der Waals surface area contributed by atoms with Crippen molar-refractivity contribution in [2.45, 2.75) is 39.7 Å². The van der Waals surface area contributed by atoms with E-state index >= 15 is 0 Å². The van der Waals surface area contributed by atoms with Crippen molar-refractivity contribution in [3.63, 3.8) is 0 Å². The normalized spacial score (nSPS) is 9.79. The first-order chi connectivity index (χ1) is 6.06. The number of Topliss-reactive ketones (excluding diaryl/α,β-unsaturated/α-hetero) is 1. The van der Waals surface area contributed by atoms with E-state index in [-0.39, 0.29) is 12.2 Å². The highest BCUT2D eigenvalue weighted by Gasteiger charge is 2.13. The summed E-state index contributed by atoms with van der Waals surface area (Å²) in [7, 11) is 0. The van der Waals surface area contributed by atoms with Gasteiger partial charge in [-0.05, 0) is 27.7 Å². The fourth-order valence-corrected chi connectivity index (χ4v) is 0.609. The van der Waals surface area contributed by atoms with Crippen LogP contribution >= 0.6 is 0 Å². The maximum Gasteiger partial charge on any atom is 0.243 e. The van der Waals surface area contributed by atoms with E-state index in [9.17, 15) is 9.59 Å². The summed E-state index contributed by atoms with van der Waals surface area (Å²) in [4.78, 5) is 20.1. The zero-order valence-electron chi connectivity index (χ0n) is 9.26. The second kappa shape index (κ2) is 6.32. The first kappa shape index (κ1) is 15.3. The van der Waals surface area contributed by atoms with E-state index < -0.39 is 11.5 Å². The zero-order valence-corrected chi connectivity index (χ0v) is 9.26. The van der Waals surface area contributed by atoms with Crippen molar-refractivity contribution in [2.24, 2.45) is 5.73 Å². The van der Waals surface area contributed by atoms with E-state index in [1.165, 1.54) is 6.92 Å². The molecule has 4 nitrogen and oxygen atoms in total. The topological polar surface area (TPSA) is 80.4 Å². The van der Waals surface area contributed by atoms with E-state index in [1.807, 2.05) is 0 Å². The average Bonchev–Trinajstić information content (AvgIpc) is 1.81. The Labute approximate surface area is 84.8 Å². The molecule has 0 aromatic carbocycles. The van der Waals surface area contributed by atoms with Crippen molar-refractivity contribution in [3.8, 4) is 0 Å². The largest absolute Gasteiger partial charge is 0.390 e. The van der Waals surface area contributed by atoms with Gasteiger partial charge in [-0.3, -0.25) is 9.59 Å². The second-order valence-electron chi connectivity index (χ2n) is 3.84. The third-order valence-electron chi connectivity index (χ3n) is 1.10. The van der Waals surface area contributed by atoms with Crippen LogP contribution < -0.4 is 5.73 Å². The van der Waals surface area contributed by atoms with Gasteiger partial charge in [-0.1, -0.05) is 6.58 Å². The summed E-state index contributed by atoms with van der Waals surface area (Å²) in [5, 5.41) is 8.97. The van der Waals surface area contributed by atoms with Crippen LogP contribution in [0, 0.1) is 0 Å². The highest BCUT2D eigenvalue weighted by Crippen LogP contribution is 2.06. The molecule has 0 aliphatic heterocycles. The maximum atomic E-state index is 10.3. The smallest absolute Gasteiger partial charge is 0.243 e. The van der Waals surface area contributed by atoms with E-state index in [0.29, 0.717) is 5.57 Å². The predicted octanol–water partition coefficient (Wildman–Crippen LogP) is 0.784. The van der Waals surface area contributed by atoms with Crippen LogP contribution in [0.4, 0.5) is 0 Å². The van der Waals surface area contributed by atoms with Crippen LogP contribution in [0.2, 0.25) is 0 Å². The van der Waals surface area contributed by atoms with Gasteiger partial charge in [0, 0.05) is 12.0 Å². The molecule has 1 amide bonds. The molecule has 3 N–H and O–H groups in total. The molecule has 0 heterocycles. The number of aliphatic hydroxyl groups is 1. The Bertz CT molecular complexity index is 214. The number of nitrogens with two attached hydrogens (primary N) is 1. The van der Waals surface area contributed by atoms with Crippen LogP contribution in [0.3, 0.4) is 0 Å². The standard InChI is InChI=1S/C6H12O2.C4H7NO/c1-5(7)4-6(2,3)8;1-3(2)4(5)6/h8H,4H2,1-3H3;1H2,2H3,(H2,5,6). The van der Waals surface area contributed by atoms with E-state index in [2.05, 4.69) is 6.58 Å². The van der Waals surface area contributed by atoms with E-state index in [4.69, 9.17) is 10.8 Å². The summed E-state index contributed by atoms with van der Waals surface area (Å²) < 4.78 is 0. The van der Waals surface area contributed by atoms with Gasteiger partial charge in [0.1, 0.15) is 5.78 Å². The summed E-state index contributed by atoms with van der Waals surface area (Å²) >= 11 is 0. The summed E-state index contributed by atoms with van der Waals surface area (Å²) in [6.45, 7) is 9.56. The van der Waals surface area contributed by atoms with Gasteiger partial charge >= 0.3 is 0 Å². The molecule has 0 saturated heterocycles. The van der Waals surface area contributed by atoms with Crippen LogP contribution in [-0.4, -0.2) is 22.4 Å². The van der Waals surface area contributed by atoms with Gasteiger partial charge < -0.3 is 10.8 Å². The quantitative estimate of drug-likeness (QED) is 0.662. The molecule has 0 aromatic heterocycles. The summed E-state index contributed by atoms with van der Waals surface area (Å²) in [6.07, 6.45) is 0.243. The molecule has 0 fully saturated rings. The van der Waals surface area contributed by atoms with Crippen molar-refractivity contribution in [1.82, 2.24) is 0 Å². The molecule has 14 heavy (non-hydrogen) atoms. The van der Waals surface area contributed by atoms with Gasteiger partial charge in [-0.15, -0.1) is 0 Å². The van der Waals surface area contributed by atoms with Crippen molar-refractivity contribution in [3.05, 3.63) is 12.2 Å². The Morgan fingerprint density at radius 1 is 1.36 bits per heavy atom. The zero-order chi connectivity index (χ0) is 11.9. The highest BCUT2D eigenvalue weighted by atomic mass is 16.3. The van der Waals surface area contributed by atoms with Crippen molar-refractivity contribution in [1.29, 1.82) is 0 Å². The minimum absolute atomic E-state index is 0.0255. The fourth-order valence-electron chi connectivity index (χ4n) is 0.609. The molecule has 0 spiro atoms. The third-order valence-corrected chi connectivity index (χ3v) is 1.10. The van der Waals surface area contributed by atoms with Crippen LogP contribution in [0.15, 0.2) is 12.2 Å². The van der Waals surface area contributed by atoms with Gasteiger partial charge in [0.25, 0.3) is 0 Å². The van der Waals surface area contributed by atoms with Gasteiger partial charge in [-0.2, -0.15) is 0 Å². The average molecular weight is 201 g/mol. The first-order valence-corrected chi connectivity index (χ1v) is 4.23. The number of carbonyl (C=O) groups is 2. The maximum absolute atomic E-state index is 10.3. The SMILES string of the molecule is C=C(C)C(N)=O.CC(=O)CC(C)(C)O. The molecule has 0 aliphatic carbocycles. The molecule has 0 aliphatic rings. The minimum Gasteiger partial charge on any atom is -0.390 e. The summed E-state index contributed by atoms with van der Waals surface area (Å²) in [5.41, 5.74) is 4.27. The molecule has 4 heteroatoms. The second-order valence-corrected chi connectivity index (χ2v) is 3.84.